The van der Waals surface area contributed by atoms with E-state index in [0.717, 1.165) is 0 Å². The number of carbonyl (C=O) groups is 3. The fraction of sp³-hybridized carbons (Fsp3) is 0.438. The van der Waals surface area contributed by atoms with E-state index in [2.05, 4.69) is 10.6 Å². The fourth-order valence-corrected chi connectivity index (χ4v) is 2.07. The maximum atomic E-state index is 11.9. The largest absolute Gasteiger partial charge is 0.456 e. The highest BCUT2D eigenvalue weighted by atomic mass is 35.5. The van der Waals surface area contributed by atoms with Gasteiger partial charge in [0.15, 0.2) is 6.61 Å². The quantitative estimate of drug-likeness (QED) is 0.677. The third kappa shape index (κ3) is 7.82. The van der Waals surface area contributed by atoms with Crippen molar-refractivity contribution in [1.29, 1.82) is 0 Å². The Hall–Kier alpha value is -2.28. The van der Waals surface area contributed by atoms with Gasteiger partial charge in [0.05, 0.1) is 12.5 Å². The highest BCUT2D eigenvalue weighted by molar-refractivity contribution is 6.30. The molecule has 0 bridgehead atoms. The molecule has 0 fully saturated rings. The predicted octanol–water partition coefficient (Wildman–Crippen LogP) is 1.90. The van der Waals surface area contributed by atoms with Crippen LogP contribution in [0.1, 0.15) is 38.8 Å². The van der Waals surface area contributed by atoms with Crippen molar-refractivity contribution in [3.63, 3.8) is 0 Å². The van der Waals surface area contributed by atoms with E-state index in [4.69, 9.17) is 22.1 Å². The molecule has 0 aliphatic rings. The second-order valence-corrected chi connectivity index (χ2v) is 6.71. The minimum Gasteiger partial charge on any atom is -0.456 e. The zero-order valence-electron chi connectivity index (χ0n) is 13.9. The van der Waals surface area contributed by atoms with E-state index in [1.165, 1.54) is 0 Å². The van der Waals surface area contributed by atoms with Crippen LogP contribution < -0.4 is 16.4 Å². The van der Waals surface area contributed by atoms with Gasteiger partial charge in [0.25, 0.3) is 5.91 Å². The summed E-state index contributed by atoms with van der Waals surface area (Å²) in [5.41, 5.74) is 5.37. The molecule has 0 radical (unpaired) electrons. The van der Waals surface area contributed by atoms with Crippen LogP contribution >= 0.6 is 11.6 Å². The van der Waals surface area contributed by atoms with E-state index in [-0.39, 0.29) is 13.0 Å². The van der Waals surface area contributed by atoms with Crippen LogP contribution in [0.4, 0.5) is 4.79 Å². The standard InChI is InChI=1S/C16H22ClN3O4/c1-16(2,3)20-13(21)9-24-14(22)8-12(19-15(18)23)10-4-6-11(17)7-5-10/h4-7,12H,8-9H2,1-3H3,(H,20,21)(H3,18,19,23)/t12-/m1/s1. The SMILES string of the molecule is CC(C)(C)NC(=O)COC(=O)C[C@@H](NC(N)=O)c1ccc(Cl)cc1. The third-order valence-electron chi connectivity index (χ3n) is 2.84. The molecule has 1 atom stereocenters. The summed E-state index contributed by atoms with van der Waals surface area (Å²) in [7, 11) is 0. The van der Waals surface area contributed by atoms with Crippen LogP contribution in [0.15, 0.2) is 24.3 Å². The first-order valence-electron chi connectivity index (χ1n) is 7.35. The molecule has 3 amide bonds. The van der Waals surface area contributed by atoms with Gasteiger partial charge in [-0.2, -0.15) is 0 Å². The number of rotatable bonds is 6. The van der Waals surface area contributed by atoms with Crippen molar-refractivity contribution < 1.29 is 19.1 Å². The molecule has 0 heterocycles. The Morgan fingerprint density at radius 2 is 1.79 bits per heavy atom. The zero-order chi connectivity index (χ0) is 18.3. The van der Waals surface area contributed by atoms with Gasteiger partial charge in [-0.3, -0.25) is 9.59 Å². The van der Waals surface area contributed by atoms with Crippen LogP contribution in [0.25, 0.3) is 0 Å². The van der Waals surface area contributed by atoms with Gasteiger partial charge in [0, 0.05) is 10.6 Å². The normalized spacial score (nSPS) is 12.2. The molecule has 8 heteroatoms. The fourth-order valence-electron chi connectivity index (χ4n) is 1.95. The molecular formula is C16H22ClN3O4. The zero-order valence-corrected chi connectivity index (χ0v) is 14.6. The monoisotopic (exact) mass is 355 g/mol. The number of benzene rings is 1. The Morgan fingerprint density at radius 1 is 1.21 bits per heavy atom. The van der Waals surface area contributed by atoms with Crippen molar-refractivity contribution in [3.05, 3.63) is 34.9 Å². The molecule has 0 aliphatic heterocycles. The number of hydrogen-bond acceptors (Lipinski definition) is 4. The number of hydrogen-bond donors (Lipinski definition) is 3. The first-order valence-corrected chi connectivity index (χ1v) is 7.72. The summed E-state index contributed by atoms with van der Waals surface area (Å²) in [6, 6.07) is 5.17. The number of amides is 3. The minimum atomic E-state index is -0.770. The molecule has 0 spiro atoms. The van der Waals surface area contributed by atoms with Gasteiger partial charge in [-0.1, -0.05) is 23.7 Å². The molecule has 0 aliphatic carbocycles. The van der Waals surface area contributed by atoms with Crippen LogP contribution in [0.3, 0.4) is 0 Å². The van der Waals surface area contributed by atoms with Crippen LogP contribution in [0.5, 0.6) is 0 Å². The van der Waals surface area contributed by atoms with Crippen molar-refractivity contribution in [2.75, 3.05) is 6.61 Å². The molecule has 0 saturated carbocycles. The Bertz CT molecular complexity index is 596. The maximum Gasteiger partial charge on any atom is 0.312 e. The van der Waals surface area contributed by atoms with E-state index in [9.17, 15) is 14.4 Å². The Balaban J connectivity index is 2.63. The van der Waals surface area contributed by atoms with E-state index in [1.54, 1.807) is 24.3 Å². The van der Waals surface area contributed by atoms with Crippen LogP contribution in [-0.4, -0.2) is 30.1 Å². The van der Waals surface area contributed by atoms with Crippen LogP contribution in [-0.2, 0) is 14.3 Å². The molecule has 1 aromatic carbocycles. The smallest absolute Gasteiger partial charge is 0.312 e. The van der Waals surface area contributed by atoms with E-state index >= 15 is 0 Å². The summed E-state index contributed by atoms with van der Waals surface area (Å²) in [5, 5.41) is 5.67. The summed E-state index contributed by atoms with van der Waals surface area (Å²) in [6.07, 6.45) is -0.159. The van der Waals surface area contributed by atoms with Gasteiger partial charge in [-0.15, -0.1) is 0 Å². The first-order chi connectivity index (χ1) is 11.1. The van der Waals surface area contributed by atoms with Crippen LogP contribution in [0, 0.1) is 0 Å². The molecule has 1 aromatic rings. The maximum absolute atomic E-state index is 11.9. The second kappa shape index (κ2) is 8.54. The van der Waals surface area contributed by atoms with Crippen LogP contribution in [0.2, 0.25) is 5.02 Å². The molecule has 24 heavy (non-hydrogen) atoms. The number of nitrogens with two attached hydrogens (primary N) is 1. The lowest BCUT2D eigenvalue weighted by molar-refractivity contribution is -0.149. The van der Waals surface area contributed by atoms with Crippen molar-refractivity contribution in [2.24, 2.45) is 5.73 Å². The van der Waals surface area contributed by atoms with E-state index in [1.807, 2.05) is 20.8 Å². The summed E-state index contributed by atoms with van der Waals surface area (Å²) in [5.74, 6) is -1.03. The molecule has 0 unspecified atom stereocenters. The number of urea groups is 1. The number of ether oxygens (including phenoxy) is 1. The summed E-state index contributed by atoms with van der Waals surface area (Å²) < 4.78 is 4.94. The third-order valence-corrected chi connectivity index (χ3v) is 3.09. The summed E-state index contributed by atoms with van der Waals surface area (Å²) >= 11 is 5.82. The predicted molar refractivity (Wildman–Crippen MR) is 90.4 cm³/mol. The van der Waals surface area contributed by atoms with Gasteiger partial charge in [-0.25, -0.2) is 4.79 Å². The lowest BCUT2D eigenvalue weighted by Gasteiger charge is -2.21. The average Bonchev–Trinajstić information content (AvgIpc) is 2.43. The number of carbonyl (C=O) groups excluding carboxylic acids is 3. The molecule has 7 nitrogen and oxygen atoms in total. The number of halogens is 1. The van der Waals surface area contributed by atoms with Crippen molar-refractivity contribution in [3.8, 4) is 0 Å². The van der Waals surface area contributed by atoms with Crippen molar-refractivity contribution in [1.82, 2.24) is 10.6 Å². The Kier molecular flexibility index (Phi) is 7.03. The lowest BCUT2D eigenvalue weighted by atomic mass is 10.0. The Morgan fingerprint density at radius 3 is 2.29 bits per heavy atom. The average molecular weight is 356 g/mol. The number of primary amides is 1. The lowest BCUT2D eigenvalue weighted by Crippen LogP contribution is -2.43. The highest BCUT2D eigenvalue weighted by Crippen LogP contribution is 2.20. The molecule has 0 saturated heterocycles. The molecule has 4 N–H and O–H groups in total. The summed E-state index contributed by atoms with van der Waals surface area (Å²) in [4.78, 5) is 34.7. The van der Waals surface area contributed by atoms with Gasteiger partial charge in [0.1, 0.15) is 0 Å². The minimum absolute atomic E-state index is 0.159. The summed E-state index contributed by atoms with van der Waals surface area (Å²) in [6.45, 7) is 5.07. The van der Waals surface area contributed by atoms with Gasteiger partial charge >= 0.3 is 12.0 Å². The molecule has 0 aromatic heterocycles. The van der Waals surface area contributed by atoms with E-state index in [0.29, 0.717) is 10.6 Å². The number of nitrogens with one attached hydrogen (secondary N) is 2. The highest BCUT2D eigenvalue weighted by Gasteiger charge is 2.20. The van der Waals surface area contributed by atoms with Gasteiger partial charge in [0.2, 0.25) is 0 Å². The number of esters is 1. The van der Waals surface area contributed by atoms with Crippen molar-refractivity contribution >= 4 is 29.5 Å². The van der Waals surface area contributed by atoms with Gasteiger partial charge < -0.3 is 21.1 Å². The molecule has 1 rings (SSSR count). The molecular weight excluding hydrogens is 334 g/mol. The first kappa shape index (κ1) is 19.8. The van der Waals surface area contributed by atoms with E-state index < -0.39 is 29.5 Å². The second-order valence-electron chi connectivity index (χ2n) is 6.28. The molecule has 132 valence electrons. The Labute approximate surface area is 145 Å². The van der Waals surface area contributed by atoms with Gasteiger partial charge in [-0.05, 0) is 38.5 Å². The van der Waals surface area contributed by atoms with Crippen molar-refractivity contribution in [2.45, 2.75) is 38.8 Å². The topological polar surface area (TPSA) is 111 Å².